The summed E-state index contributed by atoms with van der Waals surface area (Å²) in [5.41, 5.74) is 2.27. The second-order valence-electron chi connectivity index (χ2n) is 3.81. The van der Waals surface area contributed by atoms with Gasteiger partial charge in [-0.2, -0.15) is 0 Å². The summed E-state index contributed by atoms with van der Waals surface area (Å²) in [5, 5.41) is -0.260. The average Bonchev–Trinajstić information content (AvgIpc) is 2.27. The summed E-state index contributed by atoms with van der Waals surface area (Å²) in [4.78, 5) is 11.3. The van der Waals surface area contributed by atoms with Crippen LogP contribution in [-0.2, 0) is 11.2 Å². The van der Waals surface area contributed by atoms with Gasteiger partial charge in [-0.05, 0) is 54.1 Å². The lowest BCUT2D eigenvalue weighted by Gasteiger charge is -2.22. The third-order valence-corrected chi connectivity index (χ3v) is 3.20. The Balaban J connectivity index is 2.43. The molecule has 2 nitrogen and oxygen atoms in total. The molecular formula is C12H13ClO2. The van der Waals surface area contributed by atoms with Crippen molar-refractivity contribution in [2.45, 2.75) is 25.2 Å². The van der Waals surface area contributed by atoms with Gasteiger partial charge in [0.1, 0.15) is 5.75 Å². The summed E-state index contributed by atoms with van der Waals surface area (Å²) in [6.45, 7) is 0. The van der Waals surface area contributed by atoms with E-state index in [4.69, 9.17) is 16.3 Å². The number of ether oxygens (including phenoxy) is 1. The van der Waals surface area contributed by atoms with Gasteiger partial charge < -0.3 is 4.74 Å². The van der Waals surface area contributed by atoms with Crippen molar-refractivity contribution in [3.8, 4) is 5.75 Å². The van der Waals surface area contributed by atoms with Crippen LogP contribution in [0.5, 0.6) is 5.75 Å². The Labute approximate surface area is 94.2 Å². The zero-order valence-corrected chi connectivity index (χ0v) is 9.38. The highest BCUT2D eigenvalue weighted by molar-refractivity contribution is 6.64. The van der Waals surface area contributed by atoms with Gasteiger partial charge in [0, 0.05) is 0 Å². The van der Waals surface area contributed by atoms with E-state index in [-0.39, 0.29) is 11.2 Å². The van der Waals surface area contributed by atoms with Crippen molar-refractivity contribution in [3.05, 3.63) is 29.3 Å². The van der Waals surface area contributed by atoms with E-state index in [0.29, 0.717) is 0 Å². The molecule has 1 aromatic carbocycles. The van der Waals surface area contributed by atoms with Gasteiger partial charge in [-0.3, -0.25) is 4.79 Å². The number of carbonyl (C=O) groups is 1. The normalized spacial score (nSPS) is 19.5. The van der Waals surface area contributed by atoms with E-state index in [1.807, 2.05) is 18.2 Å². The summed E-state index contributed by atoms with van der Waals surface area (Å²) in [5.74, 6) is 0.643. The number of hydrogen-bond donors (Lipinski definition) is 0. The lowest BCUT2D eigenvalue weighted by molar-refractivity contribution is -0.113. The van der Waals surface area contributed by atoms with Gasteiger partial charge in [-0.1, -0.05) is 6.07 Å². The first-order valence-electron chi connectivity index (χ1n) is 5.08. The number of halogens is 1. The monoisotopic (exact) mass is 224 g/mol. The number of hydrogen-bond acceptors (Lipinski definition) is 2. The number of fused-ring (bicyclic) bond motifs is 1. The fourth-order valence-corrected chi connectivity index (χ4v) is 2.37. The van der Waals surface area contributed by atoms with E-state index in [2.05, 4.69) is 0 Å². The summed E-state index contributed by atoms with van der Waals surface area (Å²) < 4.78 is 5.15. The fraction of sp³-hybridized carbons (Fsp3) is 0.417. The highest BCUT2D eigenvalue weighted by Gasteiger charge is 2.25. The number of aryl methyl sites for hydroxylation is 1. The van der Waals surface area contributed by atoms with E-state index in [0.717, 1.165) is 30.6 Å². The van der Waals surface area contributed by atoms with Crippen molar-refractivity contribution in [1.82, 2.24) is 0 Å². The molecule has 0 saturated heterocycles. The highest BCUT2D eigenvalue weighted by Crippen LogP contribution is 2.35. The molecule has 0 spiro atoms. The molecule has 0 aromatic heterocycles. The largest absolute Gasteiger partial charge is 0.497 e. The highest BCUT2D eigenvalue weighted by atomic mass is 35.5. The molecule has 0 aliphatic heterocycles. The minimum Gasteiger partial charge on any atom is -0.497 e. The standard InChI is InChI=1S/C12H13ClO2/c1-15-9-6-5-8-3-2-4-10(12(13)14)11(8)7-9/h5-7,10H,2-4H2,1H3. The van der Waals surface area contributed by atoms with E-state index in [1.54, 1.807) is 7.11 Å². The molecular weight excluding hydrogens is 212 g/mol. The molecule has 0 N–H and O–H groups in total. The molecule has 0 saturated carbocycles. The molecule has 0 amide bonds. The molecule has 0 fully saturated rings. The first-order chi connectivity index (χ1) is 7.22. The summed E-state index contributed by atoms with van der Waals surface area (Å²) >= 11 is 5.60. The molecule has 0 radical (unpaired) electrons. The SMILES string of the molecule is COc1ccc2c(c1)C(C(=O)Cl)CCC2. The average molecular weight is 225 g/mol. The van der Waals surface area contributed by atoms with E-state index in [1.165, 1.54) is 5.56 Å². The van der Waals surface area contributed by atoms with Gasteiger partial charge in [-0.15, -0.1) is 0 Å². The minimum absolute atomic E-state index is 0.148. The number of benzene rings is 1. The van der Waals surface area contributed by atoms with Crippen LogP contribution in [0.25, 0.3) is 0 Å². The number of rotatable bonds is 2. The van der Waals surface area contributed by atoms with E-state index < -0.39 is 0 Å². The van der Waals surface area contributed by atoms with Crippen molar-refractivity contribution in [3.63, 3.8) is 0 Å². The fourth-order valence-electron chi connectivity index (χ4n) is 2.14. The molecule has 15 heavy (non-hydrogen) atoms. The van der Waals surface area contributed by atoms with E-state index >= 15 is 0 Å². The Morgan fingerprint density at radius 1 is 1.53 bits per heavy atom. The smallest absolute Gasteiger partial charge is 0.229 e. The molecule has 1 aliphatic carbocycles. The summed E-state index contributed by atoms with van der Waals surface area (Å²) in [6, 6.07) is 5.89. The Hall–Kier alpha value is -1.02. The van der Waals surface area contributed by atoms with Crippen LogP contribution in [0.1, 0.15) is 29.9 Å². The first kappa shape index (κ1) is 10.5. The van der Waals surface area contributed by atoms with Gasteiger partial charge in [-0.25, -0.2) is 0 Å². The molecule has 1 aromatic rings. The number of carbonyl (C=O) groups excluding carboxylic acids is 1. The van der Waals surface area contributed by atoms with Crippen LogP contribution >= 0.6 is 11.6 Å². The predicted molar refractivity (Wildman–Crippen MR) is 59.5 cm³/mol. The van der Waals surface area contributed by atoms with Crippen LogP contribution in [0.15, 0.2) is 18.2 Å². The maximum absolute atomic E-state index is 11.3. The predicted octanol–water partition coefficient (Wildman–Crippen LogP) is 2.88. The molecule has 3 heteroatoms. The molecule has 1 unspecified atom stereocenters. The second kappa shape index (κ2) is 4.23. The third kappa shape index (κ3) is 2.00. The molecule has 80 valence electrons. The lowest BCUT2D eigenvalue weighted by Crippen LogP contribution is -2.14. The molecule has 0 bridgehead atoms. The molecule has 0 heterocycles. The summed E-state index contributed by atoms with van der Waals surface area (Å²) in [6.07, 6.45) is 2.91. The zero-order valence-electron chi connectivity index (χ0n) is 8.63. The van der Waals surface area contributed by atoms with Crippen molar-refractivity contribution >= 4 is 16.8 Å². The van der Waals surface area contributed by atoms with Crippen LogP contribution in [0, 0.1) is 0 Å². The van der Waals surface area contributed by atoms with Crippen LogP contribution < -0.4 is 4.74 Å². The van der Waals surface area contributed by atoms with Crippen molar-refractivity contribution in [2.75, 3.05) is 7.11 Å². The lowest BCUT2D eigenvalue weighted by atomic mass is 9.83. The Morgan fingerprint density at radius 3 is 3.00 bits per heavy atom. The first-order valence-corrected chi connectivity index (χ1v) is 5.46. The Morgan fingerprint density at radius 2 is 2.33 bits per heavy atom. The van der Waals surface area contributed by atoms with Gasteiger partial charge in [0.05, 0.1) is 13.0 Å². The summed E-state index contributed by atoms with van der Waals surface area (Å²) in [7, 11) is 1.63. The number of methoxy groups -OCH3 is 1. The maximum atomic E-state index is 11.3. The van der Waals surface area contributed by atoms with Crippen LogP contribution in [0.2, 0.25) is 0 Å². The van der Waals surface area contributed by atoms with Crippen molar-refractivity contribution in [2.24, 2.45) is 0 Å². The Bertz CT molecular complexity index is 387. The van der Waals surface area contributed by atoms with Crippen molar-refractivity contribution < 1.29 is 9.53 Å². The maximum Gasteiger partial charge on any atom is 0.229 e. The minimum atomic E-state index is -0.260. The third-order valence-electron chi connectivity index (χ3n) is 2.94. The quantitative estimate of drug-likeness (QED) is 0.722. The zero-order chi connectivity index (χ0) is 10.8. The molecule has 2 rings (SSSR count). The Kier molecular flexibility index (Phi) is 2.96. The second-order valence-corrected chi connectivity index (χ2v) is 4.19. The topological polar surface area (TPSA) is 26.3 Å². The van der Waals surface area contributed by atoms with Crippen molar-refractivity contribution in [1.29, 1.82) is 0 Å². The van der Waals surface area contributed by atoms with Crippen LogP contribution in [0.3, 0.4) is 0 Å². The van der Waals surface area contributed by atoms with Gasteiger partial charge in [0.15, 0.2) is 0 Å². The van der Waals surface area contributed by atoms with Gasteiger partial charge >= 0.3 is 0 Å². The van der Waals surface area contributed by atoms with Gasteiger partial charge in [0.2, 0.25) is 5.24 Å². The van der Waals surface area contributed by atoms with Crippen LogP contribution in [0.4, 0.5) is 0 Å². The molecule has 1 aliphatic rings. The van der Waals surface area contributed by atoms with Gasteiger partial charge in [0.25, 0.3) is 0 Å². The molecule has 1 atom stereocenters. The van der Waals surface area contributed by atoms with Crippen LogP contribution in [-0.4, -0.2) is 12.4 Å². The van der Waals surface area contributed by atoms with E-state index in [9.17, 15) is 4.79 Å².